The van der Waals surface area contributed by atoms with Gasteiger partial charge >= 0.3 is 5.97 Å². The van der Waals surface area contributed by atoms with E-state index in [1.54, 1.807) is 36.7 Å². The number of carbonyl (C=O) groups is 1. The number of methoxy groups -OCH3 is 1. The second-order valence-electron chi connectivity index (χ2n) is 4.42. The fourth-order valence-electron chi connectivity index (χ4n) is 2.35. The van der Waals surface area contributed by atoms with E-state index >= 15 is 0 Å². The molecule has 104 valence electrons. The molecule has 7 heteroatoms. The number of carbonyl (C=O) groups excluding carboxylic acids is 1. The third kappa shape index (κ3) is 1.82. The number of halogens is 2. The Morgan fingerprint density at radius 2 is 2.10 bits per heavy atom. The Balaban J connectivity index is 2.08. The van der Waals surface area contributed by atoms with Crippen LogP contribution in [0.5, 0.6) is 0 Å². The van der Waals surface area contributed by atoms with Gasteiger partial charge in [-0.2, -0.15) is 5.10 Å². The quantitative estimate of drug-likeness (QED) is 0.698. The fraction of sp³-hybridized carbons (Fsp3) is 0.231. The van der Waals surface area contributed by atoms with E-state index in [4.69, 9.17) is 27.9 Å². The number of aromatic nitrogens is 2. The zero-order valence-corrected chi connectivity index (χ0v) is 12.0. The Hall–Kier alpha value is -1.56. The topological polar surface area (TPSA) is 66.1 Å². The van der Waals surface area contributed by atoms with Crippen molar-refractivity contribution in [3.63, 3.8) is 0 Å². The van der Waals surface area contributed by atoms with Crippen LogP contribution in [0.3, 0.4) is 0 Å². The number of hydrogen-bond acceptors (Lipinski definition) is 4. The van der Waals surface area contributed by atoms with E-state index in [-0.39, 0.29) is 6.04 Å². The van der Waals surface area contributed by atoms with Gasteiger partial charge in [0.05, 0.1) is 13.2 Å². The van der Waals surface area contributed by atoms with Gasteiger partial charge < -0.3 is 4.74 Å². The molecule has 2 atom stereocenters. The maximum absolute atomic E-state index is 12.2. The fourth-order valence-corrected chi connectivity index (χ4v) is 2.96. The highest BCUT2D eigenvalue weighted by molar-refractivity contribution is 6.36. The van der Waals surface area contributed by atoms with E-state index in [1.807, 2.05) is 0 Å². The lowest BCUT2D eigenvalue weighted by Crippen LogP contribution is -2.34. The first-order chi connectivity index (χ1) is 9.61. The van der Waals surface area contributed by atoms with Crippen LogP contribution in [0, 0.1) is 0 Å². The monoisotopic (exact) mass is 311 g/mol. The van der Waals surface area contributed by atoms with E-state index in [9.17, 15) is 4.79 Å². The Bertz CT molecular complexity index is 639. The van der Waals surface area contributed by atoms with Crippen molar-refractivity contribution in [2.24, 2.45) is 0 Å². The van der Waals surface area contributed by atoms with Gasteiger partial charge in [-0.15, -0.1) is 0 Å². The van der Waals surface area contributed by atoms with Gasteiger partial charge in [-0.05, 0) is 18.2 Å². The van der Waals surface area contributed by atoms with Crippen molar-refractivity contribution in [3.05, 3.63) is 52.3 Å². The zero-order valence-electron chi connectivity index (χ0n) is 10.5. The van der Waals surface area contributed by atoms with Crippen LogP contribution in [0.2, 0.25) is 10.0 Å². The van der Waals surface area contributed by atoms with Crippen LogP contribution in [0.15, 0.2) is 36.7 Å². The maximum atomic E-state index is 12.2. The first kappa shape index (κ1) is 13.4. The largest absolute Gasteiger partial charge is 0.466 e. The van der Waals surface area contributed by atoms with Gasteiger partial charge in [-0.25, -0.2) is 9.48 Å². The first-order valence-corrected chi connectivity index (χ1v) is 6.67. The highest BCUT2D eigenvalue weighted by Crippen LogP contribution is 2.49. The SMILES string of the molecule is COC(=O)[C@@]1(n2cccn2)N[C@H]1c1c(Cl)cccc1Cl. The summed E-state index contributed by atoms with van der Waals surface area (Å²) >= 11 is 12.4. The highest BCUT2D eigenvalue weighted by Gasteiger charge is 2.65. The summed E-state index contributed by atoms with van der Waals surface area (Å²) in [5.41, 5.74) is -0.427. The van der Waals surface area contributed by atoms with Gasteiger partial charge in [0.2, 0.25) is 5.66 Å². The predicted octanol–water partition coefficient (Wildman–Crippen LogP) is 2.36. The molecule has 3 rings (SSSR count). The molecule has 0 aliphatic carbocycles. The molecule has 1 aromatic carbocycles. The van der Waals surface area contributed by atoms with Crippen LogP contribution < -0.4 is 5.32 Å². The van der Waals surface area contributed by atoms with Gasteiger partial charge in [0, 0.05) is 28.0 Å². The van der Waals surface area contributed by atoms with Crippen molar-refractivity contribution in [2.75, 3.05) is 7.11 Å². The smallest absolute Gasteiger partial charge is 0.350 e. The molecular weight excluding hydrogens is 301 g/mol. The van der Waals surface area contributed by atoms with Crippen LogP contribution in [0.1, 0.15) is 11.6 Å². The molecule has 0 unspecified atom stereocenters. The minimum Gasteiger partial charge on any atom is -0.466 e. The predicted molar refractivity (Wildman–Crippen MR) is 74.6 cm³/mol. The Morgan fingerprint density at radius 1 is 1.40 bits per heavy atom. The molecule has 2 aromatic rings. The molecule has 0 bridgehead atoms. The highest BCUT2D eigenvalue weighted by atomic mass is 35.5. The number of nitrogens with one attached hydrogen (secondary N) is 1. The van der Waals surface area contributed by atoms with Crippen LogP contribution in [-0.2, 0) is 15.2 Å². The molecular formula is C13H11Cl2N3O2. The summed E-state index contributed by atoms with van der Waals surface area (Å²) in [6, 6.07) is 6.57. The van der Waals surface area contributed by atoms with Gasteiger partial charge in [-0.3, -0.25) is 5.32 Å². The molecule has 1 fully saturated rings. The number of rotatable bonds is 3. The van der Waals surface area contributed by atoms with Gasteiger partial charge in [0.25, 0.3) is 0 Å². The molecule has 1 saturated heterocycles. The summed E-state index contributed by atoms with van der Waals surface area (Å²) < 4.78 is 6.40. The molecule has 5 nitrogen and oxygen atoms in total. The summed E-state index contributed by atoms with van der Waals surface area (Å²) in [5.74, 6) is -0.442. The van der Waals surface area contributed by atoms with Crippen molar-refractivity contribution in [2.45, 2.75) is 11.7 Å². The summed E-state index contributed by atoms with van der Waals surface area (Å²) in [6.45, 7) is 0. The molecule has 0 spiro atoms. The molecule has 1 aromatic heterocycles. The molecule has 0 amide bonds. The lowest BCUT2D eigenvalue weighted by Gasteiger charge is -2.14. The number of ether oxygens (including phenoxy) is 1. The Labute approximate surface area is 125 Å². The maximum Gasteiger partial charge on any atom is 0.350 e. The van der Waals surface area contributed by atoms with E-state index in [2.05, 4.69) is 10.4 Å². The Kier molecular flexibility index (Phi) is 3.20. The van der Waals surface area contributed by atoms with Crippen LogP contribution in [0.4, 0.5) is 0 Å². The van der Waals surface area contributed by atoms with E-state index in [1.165, 1.54) is 11.8 Å². The molecule has 1 N–H and O–H groups in total. The van der Waals surface area contributed by atoms with Gasteiger partial charge in [-0.1, -0.05) is 29.3 Å². The first-order valence-electron chi connectivity index (χ1n) is 5.91. The standard InChI is InChI=1S/C13H11Cl2N3O2/c1-20-12(19)13(18-7-3-6-16-18)11(17-13)10-8(14)4-2-5-9(10)15/h2-7,11,17H,1H3/t11-,13+/m0/s1. The van der Waals surface area contributed by atoms with Gasteiger partial charge in [0.1, 0.15) is 0 Å². The second-order valence-corrected chi connectivity index (χ2v) is 5.24. The third-order valence-electron chi connectivity index (χ3n) is 3.35. The van der Waals surface area contributed by atoms with E-state index in [0.29, 0.717) is 15.6 Å². The number of nitrogens with zero attached hydrogens (tertiary/aromatic N) is 2. The minimum absolute atomic E-state index is 0.379. The van der Waals surface area contributed by atoms with Crippen molar-refractivity contribution >= 4 is 29.2 Å². The molecule has 1 aliphatic rings. The lowest BCUT2D eigenvalue weighted by molar-refractivity contribution is -0.147. The summed E-state index contributed by atoms with van der Waals surface area (Å²) in [5, 5.41) is 8.20. The summed E-state index contributed by atoms with van der Waals surface area (Å²) in [6.07, 6.45) is 3.28. The average molecular weight is 312 g/mol. The zero-order chi connectivity index (χ0) is 14.3. The molecule has 0 radical (unpaired) electrons. The molecule has 20 heavy (non-hydrogen) atoms. The van der Waals surface area contributed by atoms with E-state index < -0.39 is 11.6 Å². The summed E-state index contributed by atoms with van der Waals surface area (Å²) in [4.78, 5) is 12.2. The van der Waals surface area contributed by atoms with Crippen LogP contribution >= 0.6 is 23.2 Å². The minimum atomic E-state index is -1.09. The lowest BCUT2D eigenvalue weighted by atomic mass is 10.1. The normalized spacial score (nSPS) is 24.4. The summed E-state index contributed by atoms with van der Waals surface area (Å²) in [7, 11) is 1.33. The van der Waals surface area contributed by atoms with Crippen molar-refractivity contribution in [1.82, 2.24) is 15.1 Å². The Morgan fingerprint density at radius 3 is 2.65 bits per heavy atom. The van der Waals surface area contributed by atoms with Crippen LogP contribution in [-0.4, -0.2) is 22.9 Å². The van der Waals surface area contributed by atoms with Gasteiger partial charge in [0.15, 0.2) is 0 Å². The average Bonchev–Trinajstić information content (AvgIpc) is 2.93. The molecule has 1 aliphatic heterocycles. The van der Waals surface area contributed by atoms with Crippen molar-refractivity contribution in [1.29, 1.82) is 0 Å². The molecule has 0 saturated carbocycles. The number of esters is 1. The van der Waals surface area contributed by atoms with E-state index in [0.717, 1.165) is 0 Å². The number of benzene rings is 1. The number of hydrogen-bond donors (Lipinski definition) is 1. The second kappa shape index (κ2) is 4.77. The van der Waals surface area contributed by atoms with Crippen molar-refractivity contribution in [3.8, 4) is 0 Å². The third-order valence-corrected chi connectivity index (χ3v) is 4.01. The van der Waals surface area contributed by atoms with Crippen molar-refractivity contribution < 1.29 is 9.53 Å². The molecule has 2 heterocycles. The van der Waals surface area contributed by atoms with Crippen LogP contribution in [0.25, 0.3) is 0 Å².